The van der Waals surface area contributed by atoms with E-state index in [1.54, 1.807) is 11.8 Å². The van der Waals surface area contributed by atoms with Gasteiger partial charge >= 0.3 is 0 Å². The zero-order valence-corrected chi connectivity index (χ0v) is 17.6. The number of aliphatic hydroxyl groups excluding tert-OH is 1. The van der Waals surface area contributed by atoms with Crippen molar-refractivity contribution < 1.29 is 9.90 Å². The summed E-state index contributed by atoms with van der Waals surface area (Å²) in [6.45, 7) is 7.28. The fourth-order valence-electron chi connectivity index (χ4n) is 4.23. The maximum atomic E-state index is 12.4. The van der Waals surface area contributed by atoms with E-state index in [4.69, 9.17) is 0 Å². The summed E-state index contributed by atoms with van der Waals surface area (Å²) in [4.78, 5) is 16.9. The molecular formula is C21H28N2O2S2. The number of allylic oxidation sites excluding steroid dienone is 1. The molecule has 3 heterocycles. The Morgan fingerprint density at radius 3 is 2.85 bits per heavy atom. The van der Waals surface area contributed by atoms with Gasteiger partial charge in [0.2, 0.25) is 5.91 Å². The Labute approximate surface area is 170 Å². The molecule has 1 N–H and O–H groups in total. The number of thioether (sulfide) groups is 2. The standard InChI is InChI=1S/C21H28N2O2S2/c1-3-17(24)18-19(25)23-14(2)21(27-20(18)23)26-16-10-7-11-22(13-16)12-15-8-5-4-6-9-15/h4-6,8-9,16-18,20,24H,3,7,10-13H2,1-2H3/t16?,17-,18+,20+/m0/s1. The van der Waals surface area contributed by atoms with Gasteiger partial charge in [0.1, 0.15) is 5.37 Å². The zero-order valence-electron chi connectivity index (χ0n) is 16.0. The summed E-state index contributed by atoms with van der Waals surface area (Å²) >= 11 is 3.74. The first-order valence-corrected chi connectivity index (χ1v) is 11.7. The van der Waals surface area contributed by atoms with Crippen molar-refractivity contribution in [3.05, 3.63) is 45.8 Å². The summed E-state index contributed by atoms with van der Waals surface area (Å²) in [5.41, 5.74) is 2.47. The number of carbonyl (C=O) groups excluding carboxylic acids is 1. The minimum absolute atomic E-state index is 0.101. The van der Waals surface area contributed by atoms with Gasteiger partial charge in [-0.05, 0) is 38.3 Å². The molecule has 0 radical (unpaired) electrons. The van der Waals surface area contributed by atoms with E-state index >= 15 is 0 Å². The van der Waals surface area contributed by atoms with Crippen LogP contribution in [0, 0.1) is 5.92 Å². The van der Waals surface area contributed by atoms with E-state index < -0.39 is 6.10 Å². The number of amides is 1. The third-order valence-corrected chi connectivity index (χ3v) is 8.85. The first-order valence-electron chi connectivity index (χ1n) is 9.90. The van der Waals surface area contributed by atoms with Crippen LogP contribution in [0.2, 0.25) is 0 Å². The largest absolute Gasteiger partial charge is 0.392 e. The smallest absolute Gasteiger partial charge is 0.236 e. The molecule has 6 heteroatoms. The second-order valence-corrected chi connectivity index (χ2v) is 10.4. The van der Waals surface area contributed by atoms with Crippen molar-refractivity contribution in [3.63, 3.8) is 0 Å². The third kappa shape index (κ3) is 3.82. The van der Waals surface area contributed by atoms with E-state index in [2.05, 4.69) is 42.2 Å². The number of fused-ring (bicyclic) bond motifs is 1. The molecule has 1 amide bonds. The van der Waals surface area contributed by atoms with Gasteiger partial charge in [-0.2, -0.15) is 0 Å². The number of nitrogens with zero attached hydrogens (tertiary/aromatic N) is 2. The van der Waals surface area contributed by atoms with Crippen LogP contribution in [0.15, 0.2) is 40.3 Å². The van der Waals surface area contributed by atoms with E-state index in [-0.39, 0.29) is 17.2 Å². The monoisotopic (exact) mass is 404 g/mol. The molecule has 2 fully saturated rings. The van der Waals surface area contributed by atoms with Gasteiger partial charge in [0.05, 0.1) is 16.3 Å². The Morgan fingerprint density at radius 2 is 2.11 bits per heavy atom. The Kier molecular flexibility index (Phi) is 5.88. The van der Waals surface area contributed by atoms with Crippen LogP contribution in [-0.2, 0) is 11.3 Å². The number of piperidine rings is 1. The number of likely N-dealkylation sites (tertiary alicyclic amines) is 1. The number of aliphatic hydroxyl groups is 1. The van der Waals surface area contributed by atoms with Crippen molar-refractivity contribution in [2.24, 2.45) is 5.92 Å². The van der Waals surface area contributed by atoms with Gasteiger partial charge in [-0.15, -0.1) is 11.8 Å². The summed E-state index contributed by atoms with van der Waals surface area (Å²) in [6.07, 6.45) is 2.58. The average Bonchev–Trinajstić information content (AvgIpc) is 2.94. The highest BCUT2D eigenvalue weighted by Gasteiger charge is 2.55. The summed E-state index contributed by atoms with van der Waals surface area (Å²) in [6, 6.07) is 10.7. The van der Waals surface area contributed by atoms with Crippen LogP contribution in [0.1, 0.15) is 38.7 Å². The molecule has 27 heavy (non-hydrogen) atoms. The predicted molar refractivity (Wildman–Crippen MR) is 113 cm³/mol. The first kappa shape index (κ1) is 19.4. The van der Waals surface area contributed by atoms with Gasteiger partial charge in [0.15, 0.2) is 0 Å². The Bertz CT molecular complexity index is 724. The van der Waals surface area contributed by atoms with Crippen molar-refractivity contribution in [2.45, 2.75) is 56.4 Å². The molecule has 146 valence electrons. The second-order valence-electron chi connectivity index (χ2n) is 7.69. The summed E-state index contributed by atoms with van der Waals surface area (Å²) in [7, 11) is 0. The average molecular weight is 405 g/mol. The lowest BCUT2D eigenvalue weighted by atomic mass is 9.90. The number of β-lactam (4-membered cyclic amide) rings is 1. The fraction of sp³-hybridized carbons (Fsp3) is 0.571. The van der Waals surface area contributed by atoms with Crippen LogP contribution >= 0.6 is 23.5 Å². The number of carbonyl (C=O) groups is 1. The van der Waals surface area contributed by atoms with Crippen LogP contribution < -0.4 is 0 Å². The lowest BCUT2D eigenvalue weighted by Crippen LogP contribution is -2.60. The molecule has 1 aromatic rings. The van der Waals surface area contributed by atoms with Crippen molar-refractivity contribution in [3.8, 4) is 0 Å². The normalized spacial score (nSPS) is 29.7. The summed E-state index contributed by atoms with van der Waals surface area (Å²) in [5.74, 6) is -0.127. The van der Waals surface area contributed by atoms with Gasteiger partial charge < -0.3 is 10.0 Å². The number of hydrogen-bond donors (Lipinski definition) is 1. The first-order chi connectivity index (χ1) is 13.1. The van der Waals surface area contributed by atoms with E-state index in [1.807, 2.05) is 23.6 Å². The quantitative estimate of drug-likeness (QED) is 0.729. The van der Waals surface area contributed by atoms with Crippen LogP contribution in [-0.4, -0.2) is 50.6 Å². The molecule has 0 aliphatic carbocycles. The van der Waals surface area contributed by atoms with E-state index in [0.717, 1.165) is 25.3 Å². The molecule has 1 aromatic carbocycles. The van der Waals surface area contributed by atoms with Crippen LogP contribution in [0.3, 0.4) is 0 Å². The minimum Gasteiger partial charge on any atom is -0.392 e. The summed E-state index contributed by atoms with van der Waals surface area (Å²) < 4.78 is 1.28. The third-order valence-electron chi connectivity index (χ3n) is 5.79. The zero-order chi connectivity index (χ0) is 19.0. The maximum Gasteiger partial charge on any atom is 0.236 e. The highest BCUT2D eigenvalue weighted by Crippen LogP contribution is 2.55. The number of hydrogen-bond acceptors (Lipinski definition) is 5. The van der Waals surface area contributed by atoms with Gasteiger partial charge in [0, 0.05) is 24.0 Å². The molecule has 0 bridgehead atoms. The van der Waals surface area contributed by atoms with Crippen molar-refractivity contribution in [1.82, 2.24) is 9.80 Å². The summed E-state index contributed by atoms with van der Waals surface area (Å²) in [5, 5.41) is 10.9. The van der Waals surface area contributed by atoms with Crippen LogP contribution in [0.4, 0.5) is 0 Å². The van der Waals surface area contributed by atoms with Crippen molar-refractivity contribution in [2.75, 3.05) is 13.1 Å². The molecule has 0 saturated carbocycles. The molecular weight excluding hydrogens is 376 g/mol. The minimum atomic E-state index is -0.514. The predicted octanol–water partition coefficient (Wildman–Crippen LogP) is 3.88. The molecule has 0 aromatic heterocycles. The molecule has 3 aliphatic heterocycles. The van der Waals surface area contributed by atoms with Crippen molar-refractivity contribution >= 4 is 29.4 Å². The van der Waals surface area contributed by atoms with Gasteiger partial charge in [-0.25, -0.2) is 0 Å². The lowest BCUT2D eigenvalue weighted by Gasteiger charge is -2.44. The Morgan fingerprint density at radius 1 is 1.33 bits per heavy atom. The molecule has 3 aliphatic rings. The molecule has 1 unspecified atom stereocenters. The Balaban J connectivity index is 1.36. The van der Waals surface area contributed by atoms with Gasteiger partial charge in [-0.1, -0.05) is 49.0 Å². The molecule has 4 nitrogen and oxygen atoms in total. The highest BCUT2D eigenvalue weighted by atomic mass is 32.2. The van der Waals surface area contributed by atoms with E-state index in [9.17, 15) is 9.90 Å². The molecule has 2 saturated heterocycles. The van der Waals surface area contributed by atoms with Gasteiger partial charge in [-0.3, -0.25) is 9.69 Å². The molecule has 4 rings (SSSR count). The van der Waals surface area contributed by atoms with Crippen LogP contribution in [0.25, 0.3) is 0 Å². The Hall–Kier alpha value is -0.950. The maximum absolute atomic E-state index is 12.4. The number of benzene rings is 1. The molecule has 0 spiro atoms. The molecule has 4 atom stereocenters. The topological polar surface area (TPSA) is 43.8 Å². The lowest BCUT2D eigenvalue weighted by molar-refractivity contribution is -0.153. The number of rotatable bonds is 6. The fourth-order valence-corrected chi connectivity index (χ4v) is 7.60. The van der Waals surface area contributed by atoms with E-state index in [0.29, 0.717) is 11.7 Å². The van der Waals surface area contributed by atoms with E-state index in [1.165, 1.54) is 22.6 Å². The highest BCUT2D eigenvalue weighted by molar-refractivity contribution is 8.23. The SMILES string of the molecule is CC[C@H](O)[C@@H]1C(=O)N2C(C)=C(SC3CCCN(Cc4ccccc4)C3)S[C@H]12. The van der Waals surface area contributed by atoms with Gasteiger partial charge in [0.25, 0.3) is 0 Å². The second kappa shape index (κ2) is 8.19. The van der Waals surface area contributed by atoms with Crippen LogP contribution in [0.5, 0.6) is 0 Å². The van der Waals surface area contributed by atoms with Crippen molar-refractivity contribution in [1.29, 1.82) is 0 Å².